The number of ether oxygens (including phenoxy) is 2. The SMILES string of the molecule is CCCCNC(=O)C1(CC(=O)O)CC(c2cc(OC)ccc2OC)=NO1. The maximum absolute atomic E-state index is 12.6. The van der Waals surface area contributed by atoms with Crippen molar-refractivity contribution in [3.05, 3.63) is 23.8 Å². The fraction of sp³-hybridized carbons (Fsp3) is 0.500. The molecule has 0 aliphatic carbocycles. The predicted octanol–water partition coefficient (Wildman–Crippen LogP) is 1.96. The highest BCUT2D eigenvalue weighted by molar-refractivity contribution is 6.08. The van der Waals surface area contributed by atoms with Gasteiger partial charge in [0.25, 0.3) is 5.91 Å². The third-order valence-electron chi connectivity index (χ3n) is 4.17. The Morgan fingerprint density at radius 2 is 2.12 bits per heavy atom. The van der Waals surface area contributed by atoms with E-state index < -0.39 is 23.9 Å². The van der Waals surface area contributed by atoms with E-state index in [9.17, 15) is 14.7 Å². The molecule has 1 aliphatic heterocycles. The zero-order valence-electron chi connectivity index (χ0n) is 15.2. The average molecular weight is 364 g/mol. The maximum Gasteiger partial charge on any atom is 0.308 e. The minimum atomic E-state index is -1.57. The minimum absolute atomic E-state index is 0.0286. The van der Waals surface area contributed by atoms with Crippen LogP contribution in [0, 0.1) is 0 Å². The number of nitrogens with zero attached hydrogens (tertiary/aromatic N) is 1. The van der Waals surface area contributed by atoms with Crippen LogP contribution < -0.4 is 14.8 Å². The molecule has 1 aliphatic rings. The van der Waals surface area contributed by atoms with Gasteiger partial charge in [-0.2, -0.15) is 0 Å². The fourth-order valence-corrected chi connectivity index (χ4v) is 2.74. The van der Waals surface area contributed by atoms with Crippen LogP contribution in [0.4, 0.5) is 0 Å². The van der Waals surface area contributed by atoms with Gasteiger partial charge in [-0.25, -0.2) is 0 Å². The normalized spacial score (nSPS) is 18.7. The second kappa shape index (κ2) is 8.55. The first-order valence-electron chi connectivity index (χ1n) is 8.43. The number of benzene rings is 1. The number of oxime groups is 1. The van der Waals surface area contributed by atoms with E-state index in [2.05, 4.69) is 10.5 Å². The molecule has 0 spiro atoms. The maximum atomic E-state index is 12.6. The number of aliphatic carboxylic acids is 1. The number of carboxylic acid groups (broad SMARTS) is 1. The number of methoxy groups -OCH3 is 2. The largest absolute Gasteiger partial charge is 0.497 e. The van der Waals surface area contributed by atoms with Crippen molar-refractivity contribution in [2.24, 2.45) is 5.16 Å². The van der Waals surface area contributed by atoms with Gasteiger partial charge in [0.2, 0.25) is 5.60 Å². The van der Waals surface area contributed by atoms with Crippen molar-refractivity contribution in [2.75, 3.05) is 20.8 Å². The quantitative estimate of drug-likeness (QED) is 0.649. The van der Waals surface area contributed by atoms with E-state index in [1.807, 2.05) is 6.92 Å². The van der Waals surface area contributed by atoms with Crippen LogP contribution in [0.25, 0.3) is 0 Å². The van der Waals surface area contributed by atoms with Gasteiger partial charge in [0.15, 0.2) is 0 Å². The molecule has 0 aromatic heterocycles. The second-order valence-electron chi connectivity index (χ2n) is 6.05. The Balaban J connectivity index is 2.27. The van der Waals surface area contributed by atoms with Crippen molar-refractivity contribution in [3.8, 4) is 11.5 Å². The molecule has 26 heavy (non-hydrogen) atoms. The molecule has 1 atom stereocenters. The number of unbranched alkanes of at least 4 members (excludes halogenated alkanes) is 1. The molecule has 1 aromatic carbocycles. The molecule has 2 N–H and O–H groups in total. The van der Waals surface area contributed by atoms with Gasteiger partial charge < -0.3 is 24.7 Å². The highest BCUT2D eigenvalue weighted by Crippen LogP contribution is 2.34. The van der Waals surface area contributed by atoms with Crippen LogP contribution in [-0.4, -0.2) is 49.1 Å². The molecule has 1 aromatic rings. The van der Waals surface area contributed by atoms with E-state index in [1.165, 1.54) is 14.2 Å². The highest BCUT2D eigenvalue weighted by atomic mass is 16.7. The summed E-state index contributed by atoms with van der Waals surface area (Å²) >= 11 is 0. The number of hydrogen-bond donors (Lipinski definition) is 2. The van der Waals surface area contributed by atoms with Gasteiger partial charge in [-0.05, 0) is 24.6 Å². The molecule has 1 unspecified atom stereocenters. The molecule has 2 rings (SSSR count). The van der Waals surface area contributed by atoms with Crippen molar-refractivity contribution in [1.29, 1.82) is 0 Å². The Hall–Kier alpha value is -2.77. The molecule has 0 radical (unpaired) electrons. The molecule has 142 valence electrons. The topological polar surface area (TPSA) is 106 Å². The summed E-state index contributed by atoms with van der Waals surface area (Å²) in [4.78, 5) is 29.3. The van der Waals surface area contributed by atoms with Crippen LogP contribution in [-0.2, 0) is 14.4 Å². The third kappa shape index (κ3) is 4.25. The summed E-state index contributed by atoms with van der Waals surface area (Å²) in [5.74, 6) is -0.490. The van der Waals surface area contributed by atoms with Crippen molar-refractivity contribution >= 4 is 17.6 Å². The van der Waals surface area contributed by atoms with E-state index in [1.54, 1.807) is 18.2 Å². The number of amides is 1. The Bertz CT molecular complexity index is 703. The Labute approximate surface area is 152 Å². The molecule has 1 heterocycles. The second-order valence-corrected chi connectivity index (χ2v) is 6.05. The average Bonchev–Trinajstić information content (AvgIpc) is 3.05. The van der Waals surface area contributed by atoms with Gasteiger partial charge in [0, 0.05) is 18.5 Å². The smallest absolute Gasteiger partial charge is 0.308 e. The van der Waals surface area contributed by atoms with Crippen LogP contribution in [0.15, 0.2) is 23.4 Å². The summed E-state index contributed by atoms with van der Waals surface area (Å²) in [6.45, 7) is 2.46. The first-order chi connectivity index (χ1) is 12.5. The van der Waals surface area contributed by atoms with E-state index in [4.69, 9.17) is 14.3 Å². The standard InChI is InChI=1S/C18H24N2O6/c1-4-5-8-19-17(23)18(11-16(21)22)10-14(20-26-18)13-9-12(24-2)6-7-15(13)25-3/h6-7,9H,4-5,8,10-11H2,1-3H3,(H,19,23)(H,21,22). The Kier molecular flexibility index (Phi) is 6.43. The monoisotopic (exact) mass is 364 g/mol. The van der Waals surface area contributed by atoms with Crippen molar-refractivity contribution in [1.82, 2.24) is 5.32 Å². The summed E-state index contributed by atoms with van der Waals surface area (Å²) in [6, 6.07) is 5.17. The number of nitrogens with one attached hydrogen (secondary N) is 1. The molecular weight excluding hydrogens is 340 g/mol. The van der Waals surface area contributed by atoms with Crippen molar-refractivity contribution in [2.45, 2.75) is 38.2 Å². The molecule has 0 fully saturated rings. The zero-order valence-corrected chi connectivity index (χ0v) is 15.2. The van der Waals surface area contributed by atoms with Crippen LogP contribution in [0.2, 0.25) is 0 Å². The lowest BCUT2D eigenvalue weighted by Crippen LogP contribution is -2.48. The zero-order chi connectivity index (χ0) is 19.2. The van der Waals surface area contributed by atoms with Gasteiger partial charge in [-0.1, -0.05) is 18.5 Å². The minimum Gasteiger partial charge on any atom is -0.497 e. The van der Waals surface area contributed by atoms with E-state index in [0.29, 0.717) is 29.3 Å². The first kappa shape index (κ1) is 19.6. The number of carbonyl (C=O) groups excluding carboxylic acids is 1. The molecule has 0 bridgehead atoms. The molecule has 0 saturated heterocycles. The summed E-state index contributed by atoms with van der Waals surface area (Å²) in [5.41, 5.74) is -0.531. The first-order valence-corrected chi connectivity index (χ1v) is 8.43. The van der Waals surface area contributed by atoms with Crippen LogP contribution in [0.1, 0.15) is 38.2 Å². The molecular formula is C18H24N2O6. The van der Waals surface area contributed by atoms with E-state index in [0.717, 1.165) is 12.8 Å². The highest BCUT2D eigenvalue weighted by Gasteiger charge is 2.49. The van der Waals surface area contributed by atoms with Crippen LogP contribution >= 0.6 is 0 Å². The van der Waals surface area contributed by atoms with Gasteiger partial charge in [-0.3, -0.25) is 9.59 Å². The lowest BCUT2D eigenvalue weighted by atomic mass is 9.89. The Morgan fingerprint density at radius 3 is 2.73 bits per heavy atom. The summed E-state index contributed by atoms with van der Waals surface area (Å²) in [6.07, 6.45) is 1.26. The molecule has 0 saturated carbocycles. The van der Waals surface area contributed by atoms with Gasteiger partial charge in [0.1, 0.15) is 11.5 Å². The molecule has 1 amide bonds. The Morgan fingerprint density at radius 1 is 1.35 bits per heavy atom. The number of carbonyl (C=O) groups is 2. The predicted molar refractivity (Wildman–Crippen MR) is 94.7 cm³/mol. The third-order valence-corrected chi connectivity index (χ3v) is 4.17. The molecule has 8 heteroatoms. The lowest BCUT2D eigenvalue weighted by Gasteiger charge is -2.23. The van der Waals surface area contributed by atoms with Gasteiger partial charge >= 0.3 is 5.97 Å². The van der Waals surface area contributed by atoms with Gasteiger partial charge in [0.05, 0.1) is 26.4 Å². The number of carboxylic acids is 1. The lowest BCUT2D eigenvalue weighted by molar-refractivity contribution is -0.156. The van der Waals surface area contributed by atoms with Gasteiger partial charge in [-0.15, -0.1) is 0 Å². The molecule has 8 nitrogen and oxygen atoms in total. The fourth-order valence-electron chi connectivity index (χ4n) is 2.74. The van der Waals surface area contributed by atoms with E-state index in [-0.39, 0.29) is 6.42 Å². The summed E-state index contributed by atoms with van der Waals surface area (Å²) in [7, 11) is 3.05. The number of hydrogen-bond acceptors (Lipinski definition) is 6. The summed E-state index contributed by atoms with van der Waals surface area (Å²) in [5, 5.41) is 16.0. The number of rotatable bonds is 9. The van der Waals surface area contributed by atoms with E-state index >= 15 is 0 Å². The van der Waals surface area contributed by atoms with Crippen molar-refractivity contribution < 1.29 is 29.0 Å². The summed E-state index contributed by atoms with van der Waals surface area (Å²) < 4.78 is 10.6. The van der Waals surface area contributed by atoms with Crippen LogP contribution in [0.3, 0.4) is 0 Å². The van der Waals surface area contributed by atoms with Crippen LogP contribution in [0.5, 0.6) is 11.5 Å². The van der Waals surface area contributed by atoms with Crippen molar-refractivity contribution in [3.63, 3.8) is 0 Å².